The number of benzene rings is 3. The lowest BCUT2D eigenvalue weighted by Crippen LogP contribution is -1.98. The highest BCUT2D eigenvalue weighted by Gasteiger charge is 2.10. The SMILES string of the molecule is CS(=O)(=O)c1cc2ccc1cc2. The maximum absolute atomic E-state index is 11.2. The molecule has 0 N–H and O–H groups in total. The van der Waals surface area contributed by atoms with Crippen LogP contribution < -0.4 is 0 Å². The Balaban J connectivity index is 2.87. The van der Waals surface area contributed by atoms with Crippen LogP contribution in [0.1, 0.15) is 0 Å². The fourth-order valence-corrected chi connectivity index (χ4v) is 2.21. The van der Waals surface area contributed by atoms with E-state index < -0.39 is 9.84 Å². The minimum Gasteiger partial charge on any atom is -0.224 e. The molecule has 0 fully saturated rings. The molecule has 3 rings (SSSR count). The van der Waals surface area contributed by atoms with Crippen molar-refractivity contribution in [2.75, 3.05) is 6.26 Å². The van der Waals surface area contributed by atoms with Crippen LogP contribution in [0.2, 0.25) is 0 Å². The summed E-state index contributed by atoms with van der Waals surface area (Å²) < 4.78 is 22.4. The molecule has 0 aliphatic heterocycles. The summed E-state index contributed by atoms with van der Waals surface area (Å²) in [6.07, 6.45) is 1.23. The molecule has 0 heterocycles. The zero-order valence-corrected chi connectivity index (χ0v) is 7.43. The van der Waals surface area contributed by atoms with Crippen molar-refractivity contribution in [1.29, 1.82) is 0 Å². The molecule has 0 amide bonds. The maximum Gasteiger partial charge on any atom is 0.176 e. The predicted molar refractivity (Wildman–Crippen MR) is 48.2 cm³/mol. The first-order valence-corrected chi connectivity index (χ1v) is 5.49. The maximum atomic E-state index is 11.2. The highest BCUT2D eigenvalue weighted by Crippen LogP contribution is 2.22. The average Bonchev–Trinajstić information content (AvgIpc) is 2.05. The Labute approximate surface area is 71.1 Å². The predicted octanol–water partition coefficient (Wildman–Crippen LogP) is 1.68. The Hall–Kier alpha value is -1.09. The van der Waals surface area contributed by atoms with Crippen LogP contribution >= 0.6 is 0 Å². The van der Waals surface area contributed by atoms with Gasteiger partial charge in [0.15, 0.2) is 9.84 Å². The van der Waals surface area contributed by atoms with Gasteiger partial charge in [-0.2, -0.15) is 0 Å². The third kappa shape index (κ3) is 1.06. The van der Waals surface area contributed by atoms with Crippen LogP contribution in [0.25, 0.3) is 10.8 Å². The summed E-state index contributed by atoms with van der Waals surface area (Å²) in [5.74, 6) is 0. The number of fused-ring (bicyclic) bond motifs is 3. The lowest BCUT2D eigenvalue weighted by atomic mass is 10.1. The molecule has 0 aliphatic rings. The van der Waals surface area contributed by atoms with E-state index in [9.17, 15) is 8.42 Å². The van der Waals surface area contributed by atoms with E-state index in [0.717, 1.165) is 10.8 Å². The van der Waals surface area contributed by atoms with Crippen LogP contribution in [0.5, 0.6) is 0 Å². The second kappa shape index (κ2) is 2.20. The second-order valence-electron chi connectivity index (χ2n) is 2.90. The minimum atomic E-state index is -3.06. The summed E-state index contributed by atoms with van der Waals surface area (Å²) >= 11 is 0. The molecule has 3 heteroatoms. The van der Waals surface area contributed by atoms with Crippen LogP contribution in [0.4, 0.5) is 0 Å². The molecule has 0 saturated heterocycles. The Bertz CT molecular complexity index is 479. The van der Waals surface area contributed by atoms with Crippen molar-refractivity contribution < 1.29 is 8.42 Å². The first-order chi connectivity index (χ1) is 5.57. The number of sulfone groups is 1. The molecule has 0 aromatic heterocycles. The first kappa shape index (κ1) is 7.55. The van der Waals surface area contributed by atoms with Gasteiger partial charge in [0, 0.05) is 6.26 Å². The highest BCUT2D eigenvalue weighted by atomic mass is 32.2. The first-order valence-electron chi connectivity index (χ1n) is 3.59. The van der Waals surface area contributed by atoms with Crippen molar-refractivity contribution in [3.63, 3.8) is 0 Å². The van der Waals surface area contributed by atoms with E-state index in [-0.39, 0.29) is 0 Å². The standard InChI is InChI=1S/C9H8O2S/c1-12(10,11)9-6-7-2-4-8(9)5-3-7/h2-6H,1H3. The molecule has 12 heavy (non-hydrogen) atoms. The average molecular weight is 180 g/mol. The highest BCUT2D eigenvalue weighted by molar-refractivity contribution is 7.91. The quantitative estimate of drug-likeness (QED) is 0.669. The van der Waals surface area contributed by atoms with E-state index in [4.69, 9.17) is 0 Å². The Morgan fingerprint density at radius 2 is 1.67 bits per heavy atom. The van der Waals surface area contributed by atoms with Gasteiger partial charge in [0.1, 0.15) is 0 Å². The van der Waals surface area contributed by atoms with Crippen LogP contribution in [-0.4, -0.2) is 14.7 Å². The number of hydrogen-bond acceptors (Lipinski definition) is 2. The summed E-state index contributed by atoms with van der Waals surface area (Å²) in [7, 11) is -3.06. The molecule has 2 bridgehead atoms. The largest absolute Gasteiger partial charge is 0.224 e. The number of hydrogen-bond donors (Lipinski definition) is 0. The molecule has 0 spiro atoms. The van der Waals surface area contributed by atoms with Crippen molar-refractivity contribution in [1.82, 2.24) is 0 Å². The summed E-state index contributed by atoms with van der Waals surface area (Å²) in [4.78, 5) is 0.433. The van der Waals surface area contributed by atoms with Crippen molar-refractivity contribution >= 4 is 20.6 Å². The van der Waals surface area contributed by atoms with E-state index in [2.05, 4.69) is 0 Å². The second-order valence-corrected chi connectivity index (χ2v) is 4.89. The molecular weight excluding hydrogens is 172 g/mol. The van der Waals surface area contributed by atoms with Gasteiger partial charge in [-0.1, -0.05) is 24.3 Å². The molecule has 0 atom stereocenters. The van der Waals surface area contributed by atoms with Gasteiger partial charge in [-0.25, -0.2) is 8.42 Å². The summed E-state index contributed by atoms with van der Waals surface area (Å²) in [5, 5.41) is 1.73. The van der Waals surface area contributed by atoms with Gasteiger partial charge >= 0.3 is 0 Å². The molecule has 3 aromatic rings. The smallest absolute Gasteiger partial charge is 0.176 e. The third-order valence-electron chi connectivity index (χ3n) is 1.89. The van der Waals surface area contributed by atoms with Gasteiger partial charge in [0.05, 0.1) is 4.90 Å². The minimum absolute atomic E-state index is 0.433. The van der Waals surface area contributed by atoms with E-state index in [0.29, 0.717) is 4.90 Å². The molecule has 62 valence electrons. The fourth-order valence-electron chi connectivity index (χ4n) is 1.30. The van der Waals surface area contributed by atoms with Crippen molar-refractivity contribution in [2.45, 2.75) is 4.90 Å². The Morgan fingerprint density at radius 3 is 1.92 bits per heavy atom. The zero-order chi connectivity index (χ0) is 8.77. The summed E-state index contributed by atoms with van der Waals surface area (Å²) in [6.45, 7) is 0. The molecule has 0 saturated carbocycles. The lowest BCUT2D eigenvalue weighted by Gasteiger charge is -2.04. The van der Waals surface area contributed by atoms with E-state index in [1.165, 1.54) is 6.26 Å². The molecule has 2 nitrogen and oxygen atoms in total. The van der Waals surface area contributed by atoms with Gasteiger partial charge in [0.2, 0.25) is 0 Å². The van der Waals surface area contributed by atoms with Gasteiger partial charge in [-0.15, -0.1) is 0 Å². The van der Waals surface area contributed by atoms with Crippen LogP contribution in [-0.2, 0) is 9.84 Å². The van der Waals surface area contributed by atoms with Gasteiger partial charge in [0.25, 0.3) is 0 Å². The Morgan fingerprint density at radius 1 is 1.08 bits per heavy atom. The van der Waals surface area contributed by atoms with E-state index >= 15 is 0 Å². The van der Waals surface area contributed by atoms with Gasteiger partial charge in [-0.05, 0) is 16.8 Å². The van der Waals surface area contributed by atoms with Gasteiger partial charge in [-0.3, -0.25) is 0 Å². The fraction of sp³-hybridized carbons (Fsp3) is 0.111. The molecule has 0 aliphatic carbocycles. The summed E-state index contributed by atoms with van der Waals surface area (Å²) in [5.41, 5.74) is 0. The topological polar surface area (TPSA) is 34.1 Å². The van der Waals surface area contributed by atoms with Crippen molar-refractivity contribution in [2.24, 2.45) is 0 Å². The van der Waals surface area contributed by atoms with Crippen molar-refractivity contribution in [3.8, 4) is 0 Å². The van der Waals surface area contributed by atoms with Crippen LogP contribution in [0.3, 0.4) is 0 Å². The summed E-state index contributed by atoms with van der Waals surface area (Å²) in [6, 6.07) is 9.16. The zero-order valence-electron chi connectivity index (χ0n) is 6.61. The normalized spacial score (nSPS) is 12.4. The van der Waals surface area contributed by atoms with Crippen LogP contribution in [0, 0.1) is 0 Å². The van der Waals surface area contributed by atoms with E-state index in [1.807, 2.05) is 24.3 Å². The van der Waals surface area contributed by atoms with Crippen LogP contribution in [0.15, 0.2) is 35.2 Å². The Kier molecular flexibility index (Phi) is 1.38. The molecule has 0 unspecified atom stereocenters. The molecule has 0 radical (unpaired) electrons. The monoisotopic (exact) mass is 180 g/mol. The molecule has 3 aromatic carbocycles. The van der Waals surface area contributed by atoms with Gasteiger partial charge < -0.3 is 0 Å². The van der Waals surface area contributed by atoms with E-state index in [1.54, 1.807) is 6.07 Å². The van der Waals surface area contributed by atoms with Crippen molar-refractivity contribution in [3.05, 3.63) is 30.3 Å². The number of rotatable bonds is 1. The lowest BCUT2D eigenvalue weighted by molar-refractivity contribution is 0.602. The third-order valence-corrected chi connectivity index (χ3v) is 3.04. The molecular formula is C9H8O2S.